The fraction of sp³-hybridized carbons (Fsp3) is 0.800. The molecule has 0 saturated carbocycles. The number of ether oxygens (including phenoxy) is 1. The van der Waals surface area contributed by atoms with Gasteiger partial charge in [0.05, 0.1) is 18.6 Å². The molecule has 0 saturated heterocycles. The highest BCUT2D eigenvalue weighted by molar-refractivity contribution is 5.98. The molecule has 5 nitrogen and oxygen atoms in total. The lowest BCUT2D eigenvalue weighted by Crippen LogP contribution is -2.47. The molecule has 0 spiro atoms. The Kier molecular flexibility index (Phi) is 7.26. The molecule has 0 aromatic heterocycles. The molecule has 2 atom stereocenters. The van der Waals surface area contributed by atoms with Gasteiger partial charge in [0.25, 0.3) is 0 Å². The third-order valence-corrected chi connectivity index (χ3v) is 3.04. The van der Waals surface area contributed by atoms with E-state index in [-0.39, 0.29) is 18.4 Å². The van der Waals surface area contributed by atoms with Gasteiger partial charge in [-0.1, -0.05) is 20.8 Å². The molecule has 0 aromatic carbocycles. The molecule has 0 aliphatic heterocycles. The lowest BCUT2D eigenvalue weighted by molar-refractivity contribution is -0.160. The first-order chi connectivity index (χ1) is 9.18. The van der Waals surface area contributed by atoms with Crippen LogP contribution < -0.4 is 0 Å². The summed E-state index contributed by atoms with van der Waals surface area (Å²) >= 11 is 0. The van der Waals surface area contributed by atoms with Crippen LogP contribution in [0.1, 0.15) is 41.5 Å². The molecule has 0 N–H and O–H groups in total. The maximum Gasteiger partial charge on any atom is 0.319 e. The van der Waals surface area contributed by atoms with Crippen molar-refractivity contribution in [2.45, 2.75) is 41.5 Å². The van der Waals surface area contributed by atoms with Crippen LogP contribution in [0.3, 0.4) is 0 Å². The van der Waals surface area contributed by atoms with Gasteiger partial charge in [-0.05, 0) is 26.2 Å². The third kappa shape index (κ3) is 5.20. The lowest BCUT2D eigenvalue weighted by Gasteiger charge is -2.32. The molecule has 0 fully saturated rings. The highest BCUT2D eigenvalue weighted by Crippen LogP contribution is 2.29. The summed E-state index contributed by atoms with van der Waals surface area (Å²) in [6.45, 7) is 11.9. The van der Waals surface area contributed by atoms with E-state index < -0.39 is 17.3 Å². The molecule has 20 heavy (non-hydrogen) atoms. The number of nitrogens with zero attached hydrogens (tertiary/aromatic N) is 2. The van der Waals surface area contributed by atoms with E-state index in [4.69, 9.17) is 10.00 Å². The minimum Gasteiger partial charge on any atom is -0.465 e. The zero-order valence-electron chi connectivity index (χ0n) is 13.4. The van der Waals surface area contributed by atoms with Crippen LogP contribution in [0.5, 0.6) is 0 Å². The van der Waals surface area contributed by atoms with E-state index in [9.17, 15) is 9.59 Å². The standard InChI is InChI=1S/C15H26N2O3/c1-7-17(10-11(3)9-16)13(18)12(15(4,5)6)14(19)20-8-2/h11-12H,7-8,10H2,1-6H3. The van der Waals surface area contributed by atoms with Gasteiger partial charge in [0.1, 0.15) is 5.92 Å². The summed E-state index contributed by atoms with van der Waals surface area (Å²) in [6.07, 6.45) is 0. The Bertz CT molecular complexity index is 380. The number of rotatable bonds is 6. The fourth-order valence-electron chi connectivity index (χ4n) is 1.98. The molecule has 114 valence electrons. The highest BCUT2D eigenvalue weighted by atomic mass is 16.5. The van der Waals surface area contributed by atoms with Crippen molar-refractivity contribution in [3.05, 3.63) is 0 Å². The molecular weight excluding hydrogens is 256 g/mol. The first-order valence-electron chi connectivity index (χ1n) is 7.04. The minimum atomic E-state index is -0.840. The van der Waals surface area contributed by atoms with Crippen molar-refractivity contribution in [2.75, 3.05) is 19.7 Å². The number of hydrogen-bond acceptors (Lipinski definition) is 4. The van der Waals surface area contributed by atoms with E-state index in [0.717, 1.165) is 0 Å². The minimum absolute atomic E-state index is 0.249. The van der Waals surface area contributed by atoms with Crippen molar-refractivity contribution < 1.29 is 14.3 Å². The third-order valence-electron chi connectivity index (χ3n) is 3.04. The second-order valence-electron chi connectivity index (χ2n) is 5.96. The molecule has 0 bridgehead atoms. The molecule has 0 heterocycles. The van der Waals surface area contributed by atoms with E-state index >= 15 is 0 Å². The summed E-state index contributed by atoms with van der Waals surface area (Å²) in [4.78, 5) is 26.2. The summed E-state index contributed by atoms with van der Waals surface area (Å²) < 4.78 is 5.03. The Morgan fingerprint density at radius 3 is 2.20 bits per heavy atom. The van der Waals surface area contributed by atoms with Gasteiger partial charge in [-0.2, -0.15) is 5.26 Å². The predicted molar refractivity (Wildman–Crippen MR) is 76.6 cm³/mol. The SMILES string of the molecule is CCOC(=O)C(C(=O)N(CC)CC(C)C#N)C(C)(C)C. The van der Waals surface area contributed by atoms with Crippen LogP contribution in [0.2, 0.25) is 0 Å². The molecular formula is C15H26N2O3. The average molecular weight is 282 g/mol. The quantitative estimate of drug-likeness (QED) is 0.553. The molecule has 5 heteroatoms. The number of hydrogen-bond donors (Lipinski definition) is 0. The second-order valence-corrected chi connectivity index (χ2v) is 5.96. The number of esters is 1. The van der Waals surface area contributed by atoms with Crippen LogP contribution in [0.25, 0.3) is 0 Å². The number of carbonyl (C=O) groups excluding carboxylic acids is 2. The van der Waals surface area contributed by atoms with Gasteiger partial charge in [0, 0.05) is 13.1 Å². The Labute approximate surface area is 121 Å². The smallest absolute Gasteiger partial charge is 0.319 e. The van der Waals surface area contributed by atoms with E-state index in [1.165, 1.54) is 0 Å². The molecule has 0 rings (SSSR count). The van der Waals surface area contributed by atoms with E-state index in [1.54, 1.807) is 18.7 Å². The van der Waals surface area contributed by atoms with E-state index in [0.29, 0.717) is 13.1 Å². The summed E-state index contributed by atoms with van der Waals surface area (Å²) in [5.41, 5.74) is -0.521. The zero-order valence-corrected chi connectivity index (χ0v) is 13.4. The van der Waals surface area contributed by atoms with E-state index in [1.807, 2.05) is 27.7 Å². The van der Waals surface area contributed by atoms with Gasteiger partial charge < -0.3 is 9.64 Å². The second kappa shape index (κ2) is 7.88. The van der Waals surface area contributed by atoms with Crippen molar-refractivity contribution in [1.29, 1.82) is 5.26 Å². The van der Waals surface area contributed by atoms with Gasteiger partial charge in [0.2, 0.25) is 5.91 Å². The van der Waals surface area contributed by atoms with Crippen LogP contribution in [-0.4, -0.2) is 36.5 Å². The Hall–Kier alpha value is -1.57. The molecule has 0 radical (unpaired) electrons. The monoisotopic (exact) mass is 282 g/mol. The predicted octanol–water partition coefficient (Wildman–Crippen LogP) is 2.22. The highest BCUT2D eigenvalue weighted by Gasteiger charge is 2.41. The summed E-state index contributed by atoms with van der Waals surface area (Å²) in [7, 11) is 0. The van der Waals surface area contributed by atoms with Crippen molar-refractivity contribution in [3.8, 4) is 6.07 Å². The van der Waals surface area contributed by atoms with Crippen LogP contribution in [-0.2, 0) is 14.3 Å². The maximum absolute atomic E-state index is 12.6. The van der Waals surface area contributed by atoms with Gasteiger partial charge in [0.15, 0.2) is 0 Å². The van der Waals surface area contributed by atoms with Gasteiger partial charge in [-0.3, -0.25) is 9.59 Å². The van der Waals surface area contributed by atoms with Gasteiger partial charge >= 0.3 is 5.97 Å². The van der Waals surface area contributed by atoms with Crippen LogP contribution in [0.4, 0.5) is 0 Å². The van der Waals surface area contributed by atoms with Gasteiger partial charge in [-0.25, -0.2) is 0 Å². The molecule has 0 aliphatic rings. The summed E-state index contributed by atoms with van der Waals surface area (Å²) in [5, 5.41) is 8.87. The molecule has 0 aromatic rings. The lowest BCUT2D eigenvalue weighted by atomic mass is 9.79. The first kappa shape index (κ1) is 18.4. The molecule has 0 aliphatic carbocycles. The first-order valence-corrected chi connectivity index (χ1v) is 7.04. The molecule has 2 unspecified atom stereocenters. The van der Waals surface area contributed by atoms with Gasteiger partial charge in [-0.15, -0.1) is 0 Å². The molecule has 1 amide bonds. The number of carbonyl (C=O) groups is 2. The van der Waals surface area contributed by atoms with Crippen molar-refractivity contribution in [1.82, 2.24) is 4.90 Å². The van der Waals surface area contributed by atoms with Crippen molar-refractivity contribution >= 4 is 11.9 Å². The number of nitriles is 1. The average Bonchev–Trinajstić information content (AvgIpc) is 2.33. The maximum atomic E-state index is 12.6. The normalized spacial score (nSPS) is 14.1. The summed E-state index contributed by atoms with van der Waals surface area (Å²) in [6, 6.07) is 2.11. The van der Waals surface area contributed by atoms with Crippen LogP contribution in [0.15, 0.2) is 0 Å². The number of amides is 1. The Morgan fingerprint density at radius 1 is 1.30 bits per heavy atom. The Balaban J connectivity index is 5.21. The fourth-order valence-corrected chi connectivity index (χ4v) is 1.98. The topological polar surface area (TPSA) is 70.4 Å². The largest absolute Gasteiger partial charge is 0.465 e. The Morgan fingerprint density at radius 2 is 1.85 bits per heavy atom. The summed E-state index contributed by atoms with van der Waals surface area (Å²) in [5.74, 6) is -1.86. The van der Waals surface area contributed by atoms with Crippen LogP contribution in [0, 0.1) is 28.6 Å². The van der Waals surface area contributed by atoms with Crippen LogP contribution >= 0.6 is 0 Å². The van der Waals surface area contributed by atoms with Crippen molar-refractivity contribution in [2.24, 2.45) is 17.3 Å². The van der Waals surface area contributed by atoms with E-state index in [2.05, 4.69) is 6.07 Å². The van der Waals surface area contributed by atoms with Crippen molar-refractivity contribution in [3.63, 3.8) is 0 Å². The zero-order chi connectivity index (χ0) is 15.9.